The molecule has 1 N–H and O–H groups in total. The Labute approximate surface area is 198 Å². The van der Waals surface area contributed by atoms with Crippen LogP contribution < -0.4 is 10.1 Å². The summed E-state index contributed by atoms with van der Waals surface area (Å²) in [6.07, 6.45) is 1.96. The van der Waals surface area contributed by atoms with Crippen molar-refractivity contribution in [3.8, 4) is 5.75 Å². The van der Waals surface area contributed by atoms with E-state index in [0.29, 0.717) is 29.1 Å². The molecule has 0 bridgehead atoms. The Balaban J connectivity index is 1.42. The number of thioether (sulfide) groups is 2. The predicted molar refractivity (Wildman–Crippen MR) is 131 cm³/mol. The maximum absolute atomic E-state index is 13.3. The van der Waals surface area contributed by atoms with E-state index < -0.39 is 0 Å². The Hall–Kier alpha value is -1.71. The van der Waals surface area contributed by atoms with E-state index in [0.717, 1.165) is 49.5 Å². The number of ether oxygens (including phenoxy) is 1. The van der Waals surface area contributed by atoms with Crippen LogP contribution >= 0.6 is 23.5 Å². The summed E-state index contributed by atoms with van der Waals surface area (Å²) >= 11 is 3.29. The number of rotatable bonds is 6. The molecule has 9 heteroatoms. The topological polar surface area (TPSA) is 74.2 Å². The summed E-state index contributed by atoms with van der Waals surface area (Å²) < 4.78 is 5.74. The predicted octanol–water partition coefficient (Wildman–Crippen LogP) is 3.22. The van der Waals surface area contributed by atoms with Crippen LogP contribution in [0.1, 0.15) is 42.6 Å². The number of amides is 2. The minimum atomic E-state index is 0.0276. The molecule has 174 valence electrons. The fourth-order valence-electron chi connectivity index (χ4n) is 3.92. The first kappa shape index (κ1) is 23.4. The molecule has 1 saturated carbocycles. The van der Waals surface area contributed by atoms with Gasteiger partial charge in [-0.3, -0.25) is 19.5 Å². The number of aryl methyl sites for hydroxylation is 1. The molecule has 4 rings (SSSR count). The molecule has 2 heterocycles. The lowest BCUT2D eigenvalue weighted by Crippen LogP contribution is -2.50. The lowest BCUT2D eigenvalue weighted by atomic mass is 10.1. The number of benzene rings is 1. The fraction of sp³-hybridized carbons (Fsp3) is 0.609. The van der Waals surface area contributed by atoms with Crippen LogP contribution in [0.2, 0.25) is 0 Å². The maximum atomic E-state index is 13.3. The van der Waals surface area contributed by atoms with Crippen molar-refractivity contribution in [1.29, 1.82) is 0 Å². The summed E-state index contributed by atoms with van der Waals surface area (Å²) in [4.78, 5) is 35.2. The molecule has 1 saturated heterocycles. The molecule has 1 atom stereocenters. The van der Waals surface area contributed by atoms with Gasteiger partial charge in [0.2, 0.25) is 5.91 Å². The number of carbonyl (C=O) groups is 2. The van der Waals surface area contributed by atoms with Crippen molar-refractivity contribution in [2.75, 3.05) is 39.8 Å². The first-order valence-corrected chi connectivity index (χ1v) is 13.0. The van der Waals surface area contributed by atoms with Crippen molar-refractivity contribution in [2.24, 2.45) is 10.9 Å². The highest BCUT2D eigenvalue weighted by Gasteiger charge is 2.32. The first-order valence-electron chi connectivity index (χ1n) is 11.3. The number of hydrogen-bond acceptors (Lipinski definition) is 7. The molecule has 0 aromatic heterocycles. The van der Waals surface area contributed by atoms with E-state index in [1.807, 2.05) is 24.0 Å². The van der Waals surface area contributed by atoms with E-state index in [4.69, 9.17) is 4.74 Å². The molecule has 7 nitrogen and oxygen atoms in total. The molecule has 2 aliphatic heterocycles. The molecule has 2 amide bonds. The molecule has 0 radical (unpaired) electrons. The second-order valence-corrected chi connectivity index (χ2v) is 11.5. The smallest absolute Gasteiger partial charge is 0.257 e. The van der Waals surface area contributed by atoms with Crippen LogP contribution in [0.5, 0.6) is 5.75 Å². The molecule has 0 spiro atoms. The van der Waals surface area contributed by atoms with Gasteiger partial charge in [0.05, 0.1) is 23.8 Å². The summed E-state index contributed by atoms with van der Waals surface area (Å²) in [6, 6.07) is 4.42. The van der Waals surface area contributed by atoms with Crippen molar-refractivity contribution in [1.82, 2.24) is 15.1 Å². The number of aliphatic imine (C=N–C) groups is 1. The number of nitrogens with zero attached hydrogens (tertiary/aromatic N) is 3. The van der Waals surface area contributed by atoms with Crippen LogP contribution in [0.4, 0.5) is 0 Å². The van der Waals surface area contributed by atoms with Gasteiger partial charge in [-0.05, 0) is 51.3 Å². The number of carbonyl (C=O) groups excluding carboxylic acids is 2. The minimum Gasteiger partial charge on any atom is -0.496 e. The third-order valence-corrected chi connectivity index (χ3v) is 8.67. The van der Waals surface area contributed by atoms with Crippen molar-refractivity contribution >= 4 is 40.5 Å². The van der Waals surface area contributed by atoms with Crippen LogP contribution in [-0.4, -0.2) is 77.2 Å². The highest BCUT2D eigenvalue weighted by Crippen LogP contribution is 2.39. The SMILES string of the molecule is COc1cc(C)c(SC2CN=C(NC(=O)C3CC3)S2)cc1C(=O)N1CCN(C(C)C)CC1. The van der Waals surface area contributed by atoms with Gasteiger partial charge in [-0.1, -0.05) is 11.8 Å². The van der Waals surface area contributed by atoms with Gasteiger partial charge in [-0.15, -0.1) is 11.8 Å². The van der Waals surface area contributed by atoms with E-state index in [1.54, 1.807) is 30.6 Å². The summed E-state index contributed by atoms with van der Waals surface area (Å²) in [7, 11) is 1.62. The molecule has 1 aromatic rings. The number of methoxy groups -OCH3 is 1. The lowest BCUT2D eigenvalue weighted by molar-refractivity contribution is -0.120. The van der Waals surface area contributed by atoms with Crippen molar-refractivity contribution < 1.29 is 14.3 Å². The molecule has 3 aliphatic rings. The average Bonchev–Trinajstić information content (AvgIpc) is 3.55. The third-order valence-electron chi connectivity index (χ3n) is 6.12. The molecular weight excluding hydrogens is 444 g/mol. The zero-order chi connectivity index (χ0) is 22.8. The Kier molecular flexibility index (Phi) is 7.37. The van der Waals surface area contributed by atoms with Crippen LogP contribution in [0.15, 0.2) is 22.0 Å². The summed E-state index contributed by atoms with van der Waals surface area (Å²) in [5, 5.41) is 3.66. The highest BCUT2D eigenvalue weighted by atomic mass is 32.2. The molecular formula is C23H32N4O3S2. The first-order chi connectivity index (χ1) is 15.4. The van der Waals surface area contributed by atoms with E-state index in [-0.39, 0.29) is 22.3 Å². The van der Waals surface area contributed by atoms with Gasteiger partial charge in [-0.2, -0.15) is 0 Å². The average molecular weight is 477 g/mol. The van der Waals surface area contributed by atoms with Crippen molar-refractivity contribution in [2.45, 2.75) is 49.1 Å². The number of nitrogens with one attached hydrogen (secondary N) is 1. The zero-order valence-electron chi connectivity index (χ0n) is 19.2. The summed E-state index contributed by atoms with van der Waals surface area (Å²) in [5.41, 5.74) is 1.69. The molecule has 2 fully saturated rings. The van der Waals surface area contributed by atoms with Gasteiger partial charge in [-0.25, -0.2) is 0 Å². The van der Waals surface area contributed by atoms with Gasteiger partial charge in [0, 0.05) is 43.0 Å². The molecule has 1 aromatic carbocycles. The Morgan fingerprint density at radius 1 is 1.22 bits per heavy atom. The van der Waals surface area contributed by atoms with Gasteiger partial charge >= 0.3 is 0 Å². The van der Waals surface area contributed by atoms with Crippen LogP contribution in [-0.2, 0) is 4.79 Å². The second kappa shape index (κ2) is 10.1. The lowest BCUT2D eigenvalue weighted by Gasteiger charge is -2.37. The van der Waals surface area contributed by atoms with E-state index >= 15 is 0 Å². The standard InChI is InChI=1S/C23H32N4O3S2/c1-14(2)26-7-9-27(10-8-26)22(29)17-12-19(15(3)11-18(17)30-4)31-20-13-24-23(32-20)25-21(28)16-5-6-16/h11-12,14,16,20H,5-10,13H2,1-4H3,(H,24,25,28). The molecule has 1 aliphatic carbocycles. The van der Waals surface area contributed by atoms with E-state index in [9.17, 15) is 9.59 Å². The van der Waals surface area contributed by atoms with Gasteiger partial charge in [0.1, 0.15) is 5.75 Å². The van der Waals surface area contributed by atoms with Gasteiger partial charge < -0.3 is 15.0 Å². The zero-order valence-corrected chi connectivity index (χ0v) is 20.9. The van der Waals surface area contributed by atoms with Gasteiger partial charge in [0.25, 0.3) is 5.91 Å². The summed E-state index contributed by atoms with van der Waals surface area (Å²) in [6.45, 7) is 10.3. The molecule has 32 heavy (non-hydrogen) atoms. The number of hydrogen-bond donors (Lipinski definition) is 1. The normalized spacial score (nSPS) is 21.6. The number of piperazine rings is 1. The quantitative estimate of drug-likeness (QED) is 0.680. The molecule has 1 unspecified atom stereocenters. The largest absolute Gasteiger partial charge is 0.496 e. The van der Waals surface area contributed by atoms with Crippen LogP contribution in [0.25, 0.3) is 0 Å². The Bertz CT molecular complexity index is 909. The number of amidine groups is 1. The fourth-order valence-corrected chi connectivity index (χ4v) is 6.26. The summed E-state index contributed by atoms with van der Waals surface area (Å²) in [5.74, 6) is 0.911. The highest BCUT2D eigenvalue weighted by molar-refractivity contribution is 8.25. The van der Waals surface area contributed by atoms with Gasteiger partial charge in [0.15, 0.2) is 5.17 Å². The second-order valence-electron chi connectivity index (χ2n) is 8.81. The van der Waals surface area contributed by atoms with E-state index in [1.165, 1.54) is 0 Å². The Morgan fingerprint density at radius 2 is 1.94 bits per heavy atom. The van der Waals surface area contributed by atoms with Crippen LogP contribution in [0, 0.1) is 12.8 Å². The maximum Gasteiger partial charge on any atom is 0.257 e. The monoisotopic (exact) mass is 476 g/mol. The Morgan fingerprint density at radius 3 is 2.56 bits per heavy atom. The van der Waals surface area contributed by atoms with Crippen molar-refractivity contribution in [3.63, 3.8) is 0 Å². The minimum absolute atomic E-state index is 0.0276. The van der Waals surface area contributed by atoms with Crippen LogP contribution in [0.3, 0.4) is 0 Å². The third kappa shape index (κ3) is 5.43. The van der Waals surface area contributed by atoms with Crippen molar-refractivity contribution in [3.05, 3.63) is 23.3 Å². The van der Waals surface area contributed by atoms with E-state index in [2.05, 4.69) is 29.1 Å².